The molecule has 0 saturated heterocycles. The van der Waals surface area contributed by atoms with Gasteiger partial charge in [0.1, 0.15) is 5.56 Å². The molecule has 0 spiro atoms. The molecule has 0 aromatic heterocycles. The second kappa shape index (κ2) is 5.27. The third-order valence-electron chi connectivity index (χ3n) is 2.31. The van der Waals surface area contributed by atoms with Crippen LogP contribution in [-0.4, -0.2) is 28.6 Å². The molecular weight excluding hydrogens is 246 g/mol. The Morgan fingerprint density at radius 2 is 2.00 bits per heavy atom. The number of nitrogens with two attached hydrogens (primary N) is 1. The van der Waals surface area contributed by atoms with E-state index in [2.05, 4.69) is 4.74 Å². The van der Waals surface area contributed by atoms with Crippen molar-refractivity contribution in [2.45, 2.75) is 6.42 Å². The fraction of sp³-hybridized carbons (Fsp3) is 0.333. The standard InChI is InChI=1S/C9H11N3O6/c1-18-7-4-6(11(14)15)5(2-3-10)8(9(7)13)12(16)17/h4,13H,2-3,10H2,1H3. The lowest BCUT2D eigenvalue weighted by Crippen LogP contribution is -2.09. The molecule has 0 unspecified atom stereocenters. The van der Waals surface area contributed by atoms with Gasteiger partial charge in [-0.25, -0.2) is 0 Å². The third kappa shape index (κ3) is 2.30. The highest BCUT2D eigenvalue weighted by Gasteiger charge is 2.32. The van der Waals surface area contributed by atoms with Crippen LogP contribution in [0.15, 0.2) is 6.07 Å². The minimum Gasteiger partial charge on any atom is -0.500 e. The molecule has 1 aromatic carbocycles. The van der Waals surface area contributed by atoms with E-state index in [9.17, 15) is 25.3 Å². The highest BCUT2D eigenvalue weighted by molar-refractivity contribution is 5.67. The maximum Gasteiger partial charge on any atom is 0.324 e. The Morgan fingerprint density at radius 1 is 1.39 bits per heavy atom. The summed E-state index contributed by atoms with van der Waals surface area (Å²) in [6.07, 6.45) is -0.0931. The number of ether oxygens (including phenoxy) is 1. The molecule has 0 aliphatic heterocycles. The predicted octanol–water partition coefficient (Wildman–Crippen LogP) is 0.718. The van der Waals surface area contributed by atoms with Crippen LogP contribution in [-0.2, 0) is 6.42 Å². The summed E-state index contributed by atoms with van der Waals surface area (Å²) in [6, 6.07) is 0.938. The van der Waals surface area contributed by atoms with E-state index in [4.69, 9.17) is 5.73 Å². The SMILES string of the molecule is COc1cc([N+](=O)[O-])c(CCN)c([N+](=O)[O-])c1O. The highest BCUT2D eigenvalue weighted by atomic mass is 16.6. The van der Waals surface area contributed by atoms with Crippen LogP contribution in [0.2, 0.25) is 0 Å². The van der Waals surface area contributed by atoms with E-state index in [1.54, 1.807) is 0 Å². The summed E-state index contributed by atoms with van der Waals surface area (Å²) in [5, 5.41) is 31.4. The Balaban J connectivity index is 3.66. The Labute approximate surface area is 101 Å². The molecule has 0 aliphatic carbocycles. The lowest BCUT2D eigenvalue weighted by Gasteiger charge is -2.08. The van der Waals surface area contributed by atoms with Crippen molar-refractivity contribution >= 4 is 11.4 Å². The van der Waals surface area contributed by atoms with Gasteiger partial charge in [0.05, 0.1) is 23.0 Å². The van der Waals surface area contributed by atoms with Crippen molar-refractivity contribution in [3.63, 3.8) is 0 Å². The second-order valence-electron chi connectivity index (χ2n) is 3.33. The van der Waals surface area contributed by atoms with Gasteiger partial charge in [-0.05, 0) is 13.0 Å². The van der Waals surface area contributed by atoms with E-state index in [0.717, 1.165) is 13.2 Å². The van der Waals surface area contributed by atoms with Gasteiger partial charge < -0.3 is 15.6 Å². The average Bonchev–Trinajstić information content (AvgIpc) is 2.28. The van der Waals surface area contributed by atoms with Crippen LogP contribution in [0.3, 0.4) is 0 Å². The van der Waals surface area contributed by atoms with E-state index in [1.165, 1.54) is 0 Å². The summed E-state index contributed by atoms with van der Waals surface area (Å²) in [4.78, 5) is 20.1. The number of nitro benzene ring substituents is 2. The first kappa shape index (κ1) is 13.6. The lowest BCUT2D eigenvalue weighted by atomic mass is 10.1. The van der Waals surface area contributed by atoms with E-state index < -0.39 is 27.0 Å². The number of nitrogens with zero attached hydrogens (tertiary/aromatic N) is 2. The zero-order chi connectivity index (χ0) is 13.9. The van der Waals surface area contributed by atoms with Crippen molar-refractivity contribution in [3.05, 3.63) is 31.9 Å². The maximum atomic E-state index is 10.9. The number of methoxy groups -OCH3 is 1. The number of hydrogen-bond acceptors (Lipinski definition) is 7. The van der Waals surface area contributed by atoms with Gasteiger partial charge in [0, 0.05) is 0 Å². The van der Waals surface area contributed by atoms with E-state index in [0.29, 0.717) is 0 Å². The first-order valence-corrected chi connectivity index (χ1v) is 4.85. The molecular formula is C9H11N3O6. The van der Waals surface area contributed by atoms with Crippen molar-refractivity contribution in [2.75, 3.05) is 13.7 Å². The third-order valence-corrected chi connectivity index (χ3v) is 2.31. The largest absolute Gasteiger partial charge is 0.500 e. The van der Waals surface area contributed by atoms with Gasteiger partial charge >= 0.3 is 5.69 Å². The molecule has 9 nitrogen and oxygen atoms in total. The Hall–Kier alpha value is -2.42. The topological polar surface area (TPSA) is 142 Å². The average molecular weight is 257 g/mol. The Bertz CT molecular complexity index is 502. The van der Waals surface area contributed by atoms with Crippen LogP contribution in [0.1, 0.15) is 5.56 Å². The first-order valence-electron chi connectivity index (χ1n) is 4.85. The number of hydrogen-bond donors (Lipinski definition) is 2. The summed E-state index contributed by atoms with van der Waals surface area (Å²) in [7, 11) is 1.14. The second-order valence-corrected chi connectivity index (χ2v) is 3.33. The van der Waals surface area contributed by atoms with Crippen molar-refractivity contribution in [3.8, 4) is 11.5 Å². The van der Waals surface area contributed by atoms with E-state index in [1.807, 2.05) is 0 Å². The molecule has 0 amide bonds. The number of aromatic hydroxyl groups is 1. The summed E-state index contributed by atoms with van der Waals surface area (Å²) in [5.74, 6) is -1.06. The van der Waals surface area contributed by atoms with Crippen molar-refractivity contribution < 1.29 is 19.7 Å². The van der Waals surface area contributed by atoms with Gasteiger partial charge in [0.25, 0.3) is 5.69 Å². The van der Waals surface area contributed by atoms with Crippen LogP contribution in [0, 0.1) is 20.2 Å². The first-order chi connectivity index (χ1) is 8.43. The maximum absolute atomic E-state index is 10.9. The van der Waals surface area contributed by atoms with Crippen molar-refractivity contribution in [2.24, 2.45) is 5.73 Å². The quantitative estimate of drug-likeness (QED) is 0.584. The Morgan fingerprint density at radius 3 is 2.39 bits per heavy atom. The fourth-order valence-electron chi connectivity index (χ4n) is 1.57. The van der Waals surface area contributed by atoms with Gasteiger partial charge in [-0.1, -0.05) is 0 Å². The number of benzene rings is 1. The lowest BCUT2D eigenvalue weighted by molar-refractivity contribution is -0.396. The van der Waals surface area contributed by atoms with E-state index >= 15 is 0 Å². The molecule has 0 bridgehead atoms. The molecule has 0 heterocycles. The molecule has 3 N–H and O–H groups in total. The van der Waals surface area contributed by atoms with Crippen LogP contribution < -0.4 is 10.5 Å². The molecule has 0 atom stereocenters. The van der Waals surface area contributed by atoms with Crippen LogP contribution in [0.25, 0.3) is 0 Å². The summed E-state index contributed by atoms with van der Waals surface area (Å²) in [5.41, 5.74) is 3.80. The van der Waals surface area contributed by atoms with Crippen LogP contribution >= 0.6 is 0 Å². The highest BCUT2D eigenvalue weighted by Crippen LogP contribution is 2.43. The van der Waals surface area contributed by atoms with Gasteiger partial charge in [-0.3, -0.25) is 20.2 Å². The zero-order valence-corrected chi connectivity index (χ0v) is 9.45. The molecule has 98 valence electrons. The van der Waals surface area contributed by atoms with E-state index in [-0.39, 0.29) is 24.3 Å². The molecule has 1 rings (SSSR count). The number of phenolic OH excluding ortho intramolecular Hbond substituents is 1. The Kier molecular flexibility index (Phi) is 4.00. The number of rotatable bonds is 5. The number of phenols is 1. The molecule has 1 aromatic rings. The molecule has 0 fully saturated rings. The van der Waals surface area contributed by atoms with Gasteiger partial charge in [0.2, 0.25) is 5.75 Å². The smallest absolute Gasteiger partial charge is 0.324 e. The van der Waals surface area contributed by atoms with Gasteiger partial charge in [0.15, 0.2) is 5.75 Å². The number of nitro groups is 2. The fourth-order valence-corrected chi connectivity index (χ4v) is 1.57. The molecule has 0 aliphatic rings. The van der Waals surface area contributed by atoms with Crippen LogP contribution in [0.5, 0.6) is 11.5 Å². The van der Waals surface area contributed by atoms with Gasteiger partial charge in [-0.15, -0.1) is 0 Å². The van der Waals surface area contributed by atoms with Crippen LogP contribution in [0.4, 0.5) is 11.4 Å². The predicted molar refractivity (Wildman–Crippen MR) is 60.7 cm³/mol. The van der Waals surface area contributed by atoms with Crippen molar-refractivity contribution in [1.82, 2.24) is 0 Å². The summed E-state index contributed by atoms with van der Waals surface area (Å²) < 4.78 is 4.67. The molecule has 9 heteroatoms. The monoisotopic (exact) mass is 257 g/mol. The molecule has 18 heavy (non-hydrogen) atoms. The minimum atomic E-state index is -0.893. The summed E-state index contributed by atoms with van der Waals surface area (Å²) >= 11 is 0. The molecule has 0 saturated carbocycles. The zero-order valence-electron chi connectivity index (χ0n) is 9.45. The minimum absolute atomic E-state index is 0.0204. The van der Waals surface area contributed by atoms with Crippen molar-refractivity contribution in [1.29, 1.82) is 0 Å². The molecule has 0 radical (unpaired) electrons. The van der Waals surface area contributed by atoms with Gasteiger partial charge in [-0.2, -0.15) is 0 Å². The normalized spacial score (nSPS) is 10.1. The summed E-state index contributed by atoms with van der Waals surface area (Å²) in [6.45, 7) is -0.0204.